The number of rotatable bonds is 11. The number of carbonyl (C=O) groups is 1. The number of hydrogen-bond acceptors (Lipinski definition) is 7. The summed E-state index contributed by atoms with van der Waals surface area (Å²) in [6.45, 7) is 6.65. The topological polar surface area (TPSA) is 83.1 Å². The van der Waals surface area contributed by atoms with Crippen molar-refractivity contribution < 1.29 is 40.8 Å². The predicted octanol–water partition coefficient (Wildman–Crippen LogP) is 8.14. The predicted molar refractivity (Wildman–Crippen MR) is 141 cm³/mol. The number of ether oxygens (including phenoxy) is 1. The summed E-state index contributed by atoms with van der Waals surface area (Å²) in [5, 5.41) is 3.17. The van der Waals surface area contributed by atoms with E-state index < -0.39 is 36.8 Å². The normalized spacial score (nSPS) is 14.2. The number of carbonyl (C=O) groups excluding carboxylic acids is 1. The highest BCUT2D eigenvalue weighted by Crippen LogP contribution is 2.48. The van der Waals surface area contributed by atoms with Gasteiger partial charge in [-0.15, -0.1) is 0 Å². The van der Waals surface area contributed by atoms with Gasteiger partial charge in [-0.25, -0.2) is 9.36 Å². The molecule has 0 bridgehead atoms. The van der Waals surface area contributed by atoms with Gasteiger partial charge in [0.05, 0.1) is 17.7 Å². The zero-order valence-electron chi connectivity index (χ0n) is 22.0. The number of alkyl carbamates (subject to hydrolysis) is 1. The molecule has 2 aromatic carbocycles. The standard InChI is InChI=1S/C25H32ClF3NO6PS/c1-23(2,3)36-22(31)30-24(4,16-35-37(32,33-5)34-6)13-12-17-10-11-20(15-21(17)26)38-19-9-7-8-18(14-19)25(27,28)29/h7-11,14-15H,12-13,16H2,1-6H3,(H,30,31)/t24-/m0/s1. The molecular formula is C25H32ClF3NO6PS. The molecule has 0 saturated heterocycles. The van der Waals surface area contributed by atoms with E-state index in [1.54, 1.807) is 52.0 Å². The Morgan fingerprint density at radius 3 is 2.21 bits per heavy atom. The molecule has 0 heterocycles. The van der Waals surface area contributed by atoms with Gasteiger partial charge in [-0.2, -0.15) is 13.2 Å². The van der Waals surface area contributed by atoms with Gasteiger partial charge in [-0.1, -0.05) is 35.5 Å². The maximum absolute atomic E-state index is 13.0. The molecule has 0 aliphatic carbocycles. The lowest BCUT2D eigenvalue weighted by molar-refractivity contribution is -0.137. The highest BCUT2D eigenvalue weighted by Gasteiger charge is 2.34. The number of alkyl halides is 3. The van der Waals surface area contributed by atoms with Crippen molar-refractivity contribution in [3.63, 3.8) is 0 Å². The van der Waals surface area contributed by atoms with Gasteiger partial charge in [0.2, 0.25) is 0 Å². The van der Waals surface area contributed by atoms with E-state index in [9.17, 15) is 22.5 Å². The van der Waals surface area contributed by atoms with Crippen molar-refractivity contribution in [3.8, 4) is 0 Å². The average molecular weight is 598 g/mol. The lowest BCUT2D eigenvalue weighted by atomic mass is 9.94. The third-order valence-electron chi connectivity index (χ3n) is 5.16. The second kappa shape index (κ2) is 13.1. The molecule has 0 fully saturated rings. The largest absolute Gasteiger partial charge is 0.474 e. The van der Waals surface area contributed by atoms with Gasteiger partial charge < -0.3 is 10.1 Å². The molecule has 0 saturated carbocycles. The average Bonchev–Trinajstić information content (AvgIpc) is 2.80. The van der Waals surface area contributed by atoms with Crippen molar-refractivity contribution >= 4 is 37.3 Å². The first kappa shape index (κ1) is 32.5. The molecule has 1 atom stereocenters. The minimum atomic E-state index is -4.43. The quantitative estimate of drug-likeness (QED) is 0.262. The number of phosphoric ester groups is 1. The van der Waals surface area contributed by atoms with Crippen LogP contribution < -0.4 is 5.32 Å². The summed E-state index contributed by atoms with van der Waals surface area (Å²) in [5.41, 5.74) is -1.78. The third-order valence-corrected chi connectivity index (χ3v) is 7.83. The maximum atomic E-state index is 13.0. The minimum Gasteiger partial charge on any atom is -0.444 e. The second-order valence-electron chi connectivity index (χ2n) is 9.65. The molecule has 13 heteroatoms. The fourth-order valence-corrected chi connectivity index (χ4v) is 5.26. The van der Waals surface area contributed by atoms with E-state index in [1.165, 1.54) is 20.3 Å². The minimum absolute atomic E-state index is 0.216. The number of halogens is 4. The molecule has 7 nitrogen and oxygen atoms in total. The SMILES string of the molecule is COP(=O)(OC)OC[C@](C)(CCc1ccc(Sc2cccc(C(F)(F)F)c2)cc1Cl)NC(=O)OC(C)(C)C. The van der Waals surface area contributed by atoms with Crippen molar-refractivity contribution in [2.45, 2.75) is 67.6 Å². The molecule has 212 valence electrons. The Bertz CT molecular complexity index is 1150. The van der Waals surface area contributed by atoms with Crippen molar-refractivity contribution in [3.05, 3.63) is 58.6 Å². The van der Waals surface area contributed by atoms with E-state index in [-0.39, 0.29) is 6.61 Å². The highest BCUT2D eigenvalue weighted by atomic mass is 35.5. The van der Waals surface area contributed by atoms with Crippen LogP contribution in [0.15, 0.2) is 52.3 Å². The number of benzene rings is 2. The third kappa shape index (κ3) is 10.4. The number of hydrogen-bond donors (Lipinski definition) is 1. The molecule has 2 rings (SSSR count). The summed E-state index contributed by atoms with van der Waals surface area (Å²) in [4.78, 5) is 13.6. The van der Waals surface area contributed by atoms with E-state index in [2.05, 4.69) is 5.32 Å². The molecule has 0 radical (unpaired) electrons. The molecule has 0 aliphatic heterocycles. The summed E-state index contributed by atoms with van der Waals surface area (Å²) in [6, 6.07) is 10.2. The van der Waals surface area contributed by atoms with Crippen LogP contribution in [0.2, 0.25) is 5.02 Å². The lowest BCUT2D eigenvalue weighted by Gasteiger charge is -2.32. The van der Waals surface area contributed by atoms with Crippen LogP contribution in [0.4, 0.5) is 18.0 Å². The molecule has 0 unspecified atom stereocenters. The van der Waals surface area contributed by atoms with Crippen LogP contribution in [-0.2, 0) is 35.5 Å². The number of aryl methyl sites for hydroxylation is 1. The molecule has 2 aromatic rings. The van der Waals surface area contributed by atoms with Crippen LogP contribution in [0.1, 0.15) is 45.2 Å². The van der Waals surface area contributed by atoms with Crippen molar-refractivity contribution in [2.24, 2.45) is 0 Å². The fourth-order valence-electron chi connectivity index (χ4n) is 3.20. The summed E-state index contributed by atoms with van der Waals surface area (Å²) in [6.07, 6.45) is -4.43. The Kier molecular flexibility index (Phi) is 11.2. The number of phosphoric acid groups is 1. The van der Waals surface area contributed by atoms with Crippen LogP contribution in [0.3, 0.4) is 0 Å². The zero-order valence-corrected chi connectivity index (χ0v) is 24.4. The van der Waals surface area contributed by atoms with E-state index in [0.29, 0.717) is 27.7 Å². The van der Waals surface area contributed by atoms with Gasteiger partial charge in [-0.05, 0) is 76.4 Å². The summed E-state index contributed by atoms with van der Waals surface area (Å²) < 4.78 is 71.9. The van der Waals surface area contributed by atoms with E-state index >= 15 is 0 Å². The molecular weight excluding hydrogens is 566 g/mol. The Morgan fingerprint density at radius 1 is 1.03 bits per heavy atom. The fraction of sp³-hybridized carbons (Fsp3) is 0.480. The summed E-state index contributed by atoms with van der Waals surface area (Å²) in [7, 11) is -1.45. The van der Waals surface area contributed by atoms with Gasteiger partial charge >= 0.3 is 20.1 Å². The van der Waals surface area contributed by atoms with E-state index in [4.69, 9.17) is 29.9 Å². The Balaban J connectivity index is 2.17. The lowest BCUT2D eigenvalue weighted by Crippen LogP contribution is -2.51. The van der Waals surface area contributed by atoms with Crippen molar-refractivity contribution in [2.75, 3.05) is 20.8 Å². The maximum Gasteiger partial charge on any atom is 0.474 e. The first-order chi connectivity index (χ1) is 17.5. The molecule has 1 N–H and O–H groups in total. The number of amides is 1. The Hall–Kier alpha value is -1.75. The van der Waals surface area contributed by atoms with Crippen LogP contribution in [0.5, 0.6) is 0 Å². The first-order valence-electron chi connectivity index (χ1n) is 11.5. The molecule has 1 amide bonds. The molecule has 0 spiro atoms. The van der Waals surface area contributed by atoms with E-state index in [0.717, 1.165) is 29.5 Å². The van der Waals surface area contributed by atoms with Gasteiger partial charge in [0.25, 0.3) is 0 Å². The van der Waals surface area contributed by atoms with Crippen LogP contribution >= 0.6 is 31.2 Å². The van der Waals surface area contributed by atoms with E-state index in [1.807, 2.05) is 0 Å². The van der Waals surface area contributed by atoms with Gasteiger partial charge in [0, 0.05) is 29.0 Å². The Morgan fingerprint density at radius 2 is 1.66 bits per heavy atom. The van der Waals surface area contributed by atoms with Crippen LogP contribution in [0, 0.1) is 0 Å². The van der Waals surface area contributed by atoms with Gasteiger partial charge in [0.15, 0.2) is 0 Å². The first-order valence-corrected chi connectivity index (χ1v) is 14.1. The van der Waals surface area contributed by atoms with Gasteiger partial charge in [-0.3, -0.25) is 13.6 Å². The molecule has 0 aromatic heterocycles. The zero-order chi connectivity index (χ0) is 28.8. The second-order valence-corrected chi connectivity index (χ2v) is 13.1. The number of nitrogens with one attached hydrogen (secondary N) is 1. The van der Waals surface area contributed by atoms with Crippen molar-refractivity contribution in [1.29, 1.82) is 0 Å². The monoisotopic (exact) mass is 597 g/mol. The smallest absolute Gasteiger partial charge is 0.444 e. The highest BCUT2D eigenvalue weighted by molar-refractivity contribution is 7.99. The Labute approximate surface area is 230 Å². The molecule has 0 aliphatic rings. The van der Waals surface area contributed by atoms with Crippen LogP contribution in [-0.4, -0.2) is 38.1 Å². The summed E-state index contributed by atoms with van der Waals surface area (Å²) in [5.74, 6) is 0. The van der Waals surface area contributed by atoms with Crippen molar-refractivity contribution in [1.82, 2.24) is 5.32 Å². The van der Waals surface area contributed by atoms with Crippen LogP contribution in [0.25, 0.3) is 0 Å². The molecule has 38 heavy (non-hydrogen) atoms. The van der Waals surface area contributed by atoms with Gasteiger partial charge in [0.1, 0.15) is 5.60 Å². The summed E-state index contributed by atoms with van der Waals surface area (Å²) >= 11 is 7.65.